The molecule has 3 heteroatoms. The van der Waals surface area contributed by atoms with Crippen LogP contribution in [0.15, 0.2) is 30.3 Å². The average molecular weight is 208 g/mol. The Hall–Kier alpha value is -1.06. The second kappa shape index (κ2) is 4.64. The lowest BCUT2D eigenvalue weighted by Gasteiger charge is -2.25. The molecule has 0 N–H and O–H groups in total. The topological polar surface area (TPSA) is 27.7 Å². The van der Waals surface area contributed by atoms with Gasteiger partial charge in [0, 0.05) is 6.42 Å². The van der Waals surface area contributed by atoms with Crippen molar-refractivity contribution in [1.29, 1.82) is 0 Å². The molecule has 82 valence electrons. The van der Waals surface area contributed by atoms with Gasteiger partial charge in [-0.3, -0.25) is 0 Å². The Labute approximate surface area is 90.0 Å². The minimum absolute atomic E-state index is 0.452. The first kappa shape index (κ1) is 10.5. The SMILES string of the molecule is CCC1(COc2ccccc2)OCCO1. The van der Waals surface area contributed by atoms with E-state index in [1.165, 1.54) is 0 Å². The Morgan fingerprint density at radius 1 is 1.20 bits per heavy atom. The van der Waals surface area contributed by atoms with Crippen molar-refractivity contribution >= 4 is 0 Å². The third-order valence-corrected chi connectivity index (χ3v) is 2.55. The largest absolute Gasteiger partial charge is 0.488 e. The van der Waals surface area contributed by atoms with Crippen molar-refractivity contribution in [2.24, 2.45) is 0 Å². The summed E-state index contributed by atoms with van der Waals surface area (Å²) in [6.07, 6.45) is 0.805. The van der Waals surface area contributed by atoms with Crippen LogP contribution in [0.3, 0.4) is 0 Å². The lowest BCUT2D eigenvalue weighted by atomic mass is 10.2. The summed E-state index contributed by atoms with van der Waals surface area (Å²) < 4.78 is 16.8. The van der Waals surface area contributed by atoms with Crippen LogP contribution in [-0.4, -0.2) is 25.6 Å². The second-order valence-electron chi connectivity index (χ2n) is 3.56. The van der Waals surface area contributed by atoms with E-state index in [0.29, 0.717) is 19.8 Å². The van der Waals surface area contributed by atoms with Crippen LogP contribution in [0.2, 0.25) is 0 Å². The molecule has 1 aliphatic rings. The van der Waals surface area contributed by atoms with Crippen molar-refractivity contribution in [3.63, 3.8) is 0 Å². The van der Waals surface area contributed by atoms with Crippen molar-refractivity contribution < 1.29 is 14.2 Å². The molecule has 0 unspecified atom stereocenters. The molecule has 1 fully saturated rings. The molecule has 0 radical (unpaired) electrons. The van der Waals surface area contributed by atoms with Crippen LogP contribution in [0.5, 0.6) is 5.75 Å². The molecule has 1 aromatic carbocycles. The smallest absolute Gasteiger partial charge is 0.202 e. The van der Waals surface area contributed by atoms with Gasteiger partial charge in [-0.05, 0) is 12.1 Å². The van der Waals surface area contributed by atoms with E-state index in [2.05, 4.69) is 0 Å². The number of ether oxygens (including phenoxy) is 3. The summed E-state index contributed by atoms with van der Waals surface area (Å²) >= 11 is 0. The van der Waals surface area contributed by atoms with Gasteiger partial charge in [0.2, 0.25) is 5.79 Å². The van der Waals surface area contributed by atoms with Gasteiger partial charge in [-0.15, -0.1) is 0 Å². The van der Waals surface area contributed by atoms with E-state index < -0.39 is 5.79 Å². The number of hydrogen-bond donors (Lipinski definition) is 0. The standard InChI is InChI=1S/C12H16O3/c1-2-12(14-8-9-15-12)10-13-11-6-4-3-5-7-11/h3-7H,2,8-10H2,1H3. The summed E-state index contributed by atoms with van der Waals surface area (Å²) in [4.78, 5) is 0. The Bertz CT molecular complexity index is 291. The Morgan fingerprint density at radius 3 is 2.47 bits per heavy atom. The number of para-hydroxylation sites is 1. The quantitative estimate of drug-likeness (QED) is 0.759. The average Bonchev–Trinajstić information content (AvgIpc) is 2.77. The third kappa shape index (κ3) is 2.49. The highest BCUT2D eigenvalue weighted by Crippen LogP contribution is 2.24. The van der Waals surface area contributed by atoms with E-state index in [0.717, 1.165) is 12.2 Å². The molecule has 1 aliphatic heterocycles. The summed E-state index contributed by atoms with van der Waals surface area (Å²) in [5.74, 6) is 0.319. The molecule has 0 bridgehead atoms. The molecular formula is C12H16O3. The molecule has 0 spiro atoms. The van der Waals surface area contributed by atoms with Crippen LogP contribution in [0.1, 0.15) is 13.3 Å². The molecular weight excluding hydrogens is 192 g/mol. The minimum atomic E-state index is -0.532. The Balaban J connectivity index is 1.92. The van der Waals surface area contributed by atoms with Gasteiger partial charge in [0.25, 0.3) is 0 Å². The molecule has 0 atom stereocenters. The Morgan fingerprint density at radius 2 is 1.87 bits per heavy atom. The van der Waals surface area contributed by atoms with Crippen molar-refractivity contribution in [2.75, 3.05) is 19.8 Å². The molecule has 0 aromatic heterocycles. The highest BCUT2D eigenvalue weighted by atomic mass is 16.8. The van der Waals surface area contributed by atoms with E-state index in [4.69, 9.17) is 14.2 Å². The molecule has 3 nitrogen and oxygen atoms in total. The van der Waals surface area contributed by atoms with Crippen LogP contribution in [0.4, 0.5) is 0 Å². The zero-order chi connectivity index (χ0) is 10.6. The van der Waals surface area contributed by atoms with Crippen molar-refractivity contribution in [1.82, 2.24) is 0 Å². The first-order valence-corrected chi connectivity index (χ1v) is 5.30. The van der Waals surface area contributed by atoms with Crippen LogP contribution in [0.25, 0.3) is 0 Å². The van der Waals surface area contributed by atoms with Gasteiger partial charge in [-0.2, -0.15) is 0 Å². The van der Waals surface area contributed by atoms with Crippen LogP contribution in [0, 0.1) is 0 Å². The predicted molar refractivity (Wildman–Crippen MR) is 56.9 cm³/mol. The molecule has 1 saturated heterocycles. The number of hydrogen-bond acceptors (Lipinski definition) is 3. The van der Waals surface area contributed by atoms with Gasteiger partial charge in [-0.1, -0.05) is 25.1 Å². The highest BCUT2D eigenvalue weighted by molar-refractivity contribution is 5.21. The molecule has 1 heterocycles. The highest BCUT2D eigenvalue weighted by Gasteiger charge is 2.35. The van der Waals surface area contributed by atoms with E-state index >= 15 is 0 Å². The molecule has 2 rings (SSSR count). The molecule has 0 amide bonds. The lowest BCUT2D eigenvalue weighted by Crippen LogP contribution is -2.36. The van der Waals surface area contributed by atoms with Gasteiger partial charge >= 0.3 is 0 Å². The number of rotatable bonds is 4. The fraction of sp³-hybridized carbons (Fsp3) is 0.500. The lowest BCUT2D eigenvalue weighted by molar-refractivity contribution is -0.178. The minimum Gasteiger partial charge on any atom is -0.488 e. The van der Waals surface area contributed by atoms with Gasteiger partial charge < -0.3 is 14.2 Å². The first-order valence-electron chi connectivity index (χ1n) is 5.30. The molecule has 15 heavy (non-hydrogen) atoms. The normalized spacial score (nSPS) is 19.0. The molecule has 0 saturated carbocycles. The van der Waals surface area contributed by atoms with Gasteiger partial charge in [-0.25, -0.2) is 0 Å². The molecule has 1 aromatic rings. The maximum absolute atomic E-state index is 5.63. The fourth-order valence-corrected chi connectivity index (χ4v) is 1.60. The van der Waals surface area contributed by atoms with Gasteiger partial charge in [0.15, 0.2) is 0 Å². The maximum Gasteiger partial charge on any atom is 0.202 e. The summed E-state index contributed by atoms with van der Waals surface area (Å²) in [7, 11) is 0. The Kier molecular flexibility index (Phi) is 3.23. The van der Waals surface area contributed by atoms with E-state index in [9.17, 15) is 0 Å². The van der Waals surface area contributed by atoms with Crippen molar-refractivity contribution in [3.8, 4) is 5.75 Å². The van der Waals surface area contributed by atoms with Crippen LogP contribution >= 0.6 is 0 Å². The van der Waals surface area contributed by atoms with Crippen LogP contribution < -0.4 is 4.74 Å². The zero-order valence-electron chi connectivity index (χ0n) is 8.94. The third-order valence-electron chi connectivity index (χ3n) is 2.55. The summed E-state index contributed by atoms with van der Waals surface area (Å²) in [5.41, 5.74) is 0. The number of benzene rings is 1. The predicted octanol–water partition coefficient (Wildman–Crippen LogP) is 2.22. The summed E-state index contributed by atoms with van der Waals surface area (Å²) in [6.45, 7) is 3.81. The van der Waals surface area contributed by atoms with Gasteiger partial charge in [0.05, 0.1) is 13.2 Å². The first-order chi connectivity index (χ1) is 7.35. The van der Waals surface area contributed by atoms with Crippen molar-refractivity contribution in [2.45, 2.75) is 19.1 Å². The zero-order valence-corrected chi connectivity index (χ0v) is 8.94. The van der Waals surface area contributed by atoms with E-state index in [-0.39, 0.29) is 0 Å². The summed E-state index contributed by atoms with van der Waals surface area (Å²) in [5, 5.41) is 0. The van der Waals surface area contributed by atoms with Crippen molar-refractivity contribution in [3.05, 3.63) is 30.3 Å². The van der Waals surface area contributed by atoms with Crippen LogP contribution in [-0.2, 0) is 9.47 Å². The van der Waals surface area contributed by atoms with Gasteiger partial charge in [0.1, 0.15) is 12.4 Å². The second-order valence-corrected chi connectivity index (χ2v) is 3.56. The molecule has 0 aliphatic carbocycles. The monoisotopic (exact) mass is 208 g/mol. The van der Waals surface area contributed by atoms with E-state index in [1.54, 1.807) is 0 Å². The fourth-order valence-electron chi connectivity index (χ4n) is 1.60. The summed E-state index contributed by atoms with van der Waals surface area (Å²) in [6, 6.07) is 9.72. The van der Waals surface area contributed by atoms with E-state index in [1.807, 2.05) is 37.3 Å². The maximum atomic E-state index is 5.63.